The minimum Gasteiger partial charge on any atom is -1.00 e. The summed E-state index contributed by atoms with van der Waals surface area (Å²) in [5.41, 5.74) is 6.08. The first-order chi connectivity index (χ1) is 14.8. The summed E-state index contributed by atoms with van der Waals surface area (Å²) in [7, 11) is 0. The summed E-state index contributed by atoms with van der Waals surface area (Å²) in [6.07, 6.45) is 2.08. The molecule has 0 unspecified atom stereocenters. The van der Waals surface area contributed by atoms with E-state index in [1.54, 1.807) is 0 Å². The van der Waals surface area contributed by atoms with E-state index in [0.29, 0.717) is 0 Å². The topological polar surface area (TPSA) is 48.5 Å². The third-order valence-corrected chi connectivity index (χ3v) is 5.41. The zero-order chi connectivity index (χ0) is 20.5. The van der Waals surface area contributed by atoms with E-state index in [-0.39, 0.29) is 41.9 Å². The number of para-hydroxylation sites is 4. The van der Waals surface area contributed by atoms with Crippen LogP contribution in [0.1, 0.15) is 26.7 Å². The van der Waals surface area contributed by atoms with Crippen molar-refractivity contribution in [1.82, 2.24) is 24.1 Å². The fourth-order valence-corrected chi connectivity index (χ4v) is 4.13. The van der Waals surface area contributed by atoms with Crippen molar-refractivity contribution < 1.29 is 41.9 Å². The van der Waals surface area contributed by atoms with Crippen LogP contribution < -0.4 is 24.8 Å². The Balaban J connectivity index is 0.00000128. The molecule has 0 aliphatic heterocycles. The van der Waals surface area contributed by atoms with Crippen LogP contribution in [0.15, 0.2) is 66.7 Å². The van der Waals surface area contributed by atoms with Crippen molar-refractivity contribution >= 4 is 22.1 Å². The van der Waals surface area contributed by atoms with E-state index in [1.165, 1.54) is 0 Å². The van der Waals surface area contributed by atoms with Crippen molar-refractivity contribution in [1.29, 1.82) is 0 Å². The van der Waals surface area contributed by atoms with Gasteiger partial charge in [0.1, 0.15) is 11.4 Å². The molecule has 0 spiro atoms. The molecule has 8 heteroatoms. The molecule has 3 aromatic heterocycles. The molecule has 3 heterocycles. The van der Waals surface area contributed by atoms with Crippen LogP contribution >= 0.6 is 0 Å². The van der Waals surface area contributed by atoms with Gasteiger partial charge < -0.3 is 33.9 Å². The van der Waals surface area contributed by atoms with Crippen LogP contribution in [0.25, 0.3) is 45.1 Å². The maximum absolute atomic E-state index is 5.02. The van der Waals surface area contributed by atoms with E-state index in [0.717, 1.165) is 71.0 Å². The second-order valence-corrected chi connectivity index (χ2v) is 7.56. The molecule has 0 aliphatic carbocycles. The SMILES string of the molecule is CCCn1c(-c2cccc(-c3nc4ccccc4n3CCC)n2)nc2ccccc21.[Cl-].[Cl-].[Fe+2]. The molecule has 0 fully saturated rings. The molecule has 5 nitrogen and oxygen atoms in total. The third-order valence-electron chi connectivity index (χ3n) is 5.41. The number of aryl methyl sites for hydroxylation is 2. The van der Waals surface area contributed by atoms with Crippen molar-refractivity contribution in [3.8, 4) is 23.0 Å². The molecule has 172 valence electrons. The normalized spacial score (nSPS) is 10.5. The van der Waals surface area contributed by atoms with Crippen molar-refractivity contribution in [2.24, 2.45) is 0 Å². The van der Waals surface area contributed by atoms with Gasteiger partial charge in [-0.05, 0) is 49.2 Å². The molecule has 0 saturated heterocycles. The van der Waals surface area contributed by atoms with Gasteiger partial charge in [0.25, 0.3) is 0 Å². The zero-order valence-corrected chi connectivity index (χ0v) is 21.1. The molecule has 33 heavy (non-hydrogen) atoms. The summed E-state index contributed by atoms with van der Waals surface area (Å²) in [5.74, 6) is 1.83. The number of halogens is 2. The third kappa shape index (κ3) is 4.95. The number of nitrogens with zero attached hydrogens (tertiary/aromatic N) is 5. The van der Waals surface area contributed by atoms with Gasteiger partial charge in [-0.25, -0.2) is 15.0 Å². The molecule has 0 radical (unpaired) electrons. The molecular weight excluding hydrogens is 497 g/mol. The summed E-state index contributed by atoms with van der Waals surface area (Å²) >= 11 is 0. The van der Waals surface area contributed by atoms with Gasteiger partial charge in [0.15, 0.2) is 11.6 Å². The number of imidazole rings is 2. The number of aromatic nitrogens is 5. The van der Waals surface area contributed by atoms with Gasteiger partial charge in [-0.2, -0.15) is 0 Å². The molecule has 0 bridgehead atoms. The summed E-state index contributed by atoms with van der Waals surface area (Å²) in [4.78, 5) is 14.8. The minimum absolute atomic E-state index is 0. The molecule has 0 saturated carbocycles. The Morgan fingerprint density at radius 1 is 0.576 bits per heavy atom. The largest absolute Gasteiger partial charge is 2.00 e. The van der Waals surface area contributed by atoms with Crippen LogP contribution in [0.2, 0.25) is 0 Å². The molecular formula is C25H25Cl2FeN5. The quantitative estimate of drug-likeness (QED) is 0.294. The van der Waals surface area contributed by atoms with Crippen molar-refractivity contribution in [2.45, 2.75) is 39.8 Å². The monoisotopic (exact) mass is 521 g/mol. The van der Waals surface area contributed by atoms with E-state index in [1.807, 2.05) is 24.3 Å². The van der Waals surface area contributed by atoms with Gasteiger partial charge in [-0.3, -0.25) is 0 Å². The van der Waals surface area contributed by atoms with Crippen LogP contribution in [-0.2, 0) is 30.2 Å². The molecule has 0 atom stereocenters. The van der Waals surface area contributed by atoms with Crippen molar-refractivity contribution in [2.75, 3.05) is 0 Å². The van der Waals surface area contributed by atoms with Gasteiger partial charge in [0, 0.05) is 13.1 Å². The summed E-state index contributed by atoms with van der Waals surface area (Å²) in [6, 6.07) is 22.7. The van der Waals surface area contributed by atoms with E-state index in [2.05, 4.69) is 65.4 Å². The van der Waals surface area contributed by atoms with Gasteiger partial charge in [0.05, 0.1) is 22.1 Å². The second kappa shape index (κ2) is 11.7. The molecule has 0 amide bonds. The van der Waals surface area contributed by atoms with Crippen molar-refractivity contribution in [3.63, 3.8) is 0 Å². The molecule has 0 aliphatic rings. The number of hydrogen-bond donors (Lipinski definition) is 0. The fraction of sp³-hybridized carbons (Fsp3) is 0.240. The number of fused-ring (bicyclic) bond motifs is 2. The average Bonchev–Trinajstić information content (AvgIpc) is 3.34. The molecule has 5 aromatic rings. The number of benzene rings is 2. The number of pyridine rings is 1. The van der Waals surface area contributed by atoms with Crippen LogP contribution in [0.5, 0.6) is 0 Å². The molecule has 5 rings (SSSR count). The van der Waals surface area contributed by atoms with E-state index in [4.69, 9.17) is 15.0 Å². The Bertz CT molecular complexity index is 1250. The maximum Gasteiger partial charge on any atom is 2.00 e. The Morgan fingerprint density at radius 2 is 1.00 bits per heavy atom. The Morgan fingerprint density at radius 3 is 1.42 bits per heavy atom. The first kappa shape index (κ1) is 26.9. The Hall–Kier alpha value is -2.37. The van der Waals surface area contributed by atoms with Gasteiger partial charge in [0.2, 0.25) is 0 Å². The smallest absolute Gasteiger partial charge is 1.00 e. The maximum atomic E-state index is 5.02. The van der Waals surface area contributed by atoms with Crippen molar-refractivity contribution in [3.05, 3.63) is 66.7 Å². The molecule has 0 N–H and O–H groups in total. The first-order valence-electron chi connectivity index (χ1n) is 10.7. The predicted molar refractivity (Wildman–Crippen MR) is 122 cm³/mol. The summed E-state index contributed by atoms with van der Waals surface area (Å²) < 4.78 is 4.55. The average molecular weight is 522 g/mol. The second-order valence-electron chi connectivity index (χ2n) is 7.56. The van der Waals surface area contributed by atoms with E-state index >= 15 is 0 Å². The zero-order valence-electron chi connectivity index (χ0n) is 18.5. The molecule has 2 aromatic carbocycles. The van der Waals surface area contributed by atoms with Gasteiger partial charge in [-0.15, -0.1) is 0 Å². The van der Waals surface area contributed by atoms with Crippen LogP contribution in [0, 0.1) is 0 Å². The number of rotatable bonds is 6. The first-order valence-corrected chi connectivity index (χ1v) is 10.7. The van der Waals surface area contributed by atoms with Crippen LogP contribution in [0.4, 0.5) is 0 Å². The summed E-state index contributed by atoms with van der Waals surface area (Å²) in [5, 5.41) is 0. The van der Waals surface area contributed by atoms with Crippen LogP contribution in [0.3, 0.4) is 0 Å². The summed E-state index contributed by atoms with van der Waals surface area (Å²) in [6.45, 7) is 6.21. The Kier molecular flexibility index (Phi) is 9.50. The van der Waals surface area contributed by atoms with E-state index < -0.39 is 0 Å². The predicted octanol–water partition coefficient (Wildman–Crippen LogP) is -0.0595. The van der Waals surface area contributed by atoms with E-state index in [9.17, 15) is 0 Å². The Labute approximate surface area is 216 Å². The minimum atomic E-state index is 0. The standard InChI is InChI=1S/C25H25N5.2ClH.Fe/c1-3-16-29-22-14-7-5-10-18(22)27-24(29)20-12-9-13-21(26-20)25-28-19-11-6-8-15-23(19)30(25)17-4-2;;;/h5-15H,3-4,16-17H2,1-2H3;2*1H;/q;;;+2/p-2. The van der Waals surface area contributed by atoms with Gasteiger partial charge in [-0.1, -0.05) is 44.2 Å². The van der Waals surface area contributed by atoms with Crippen LogP contribution in [-0.4, -0.2) is 24.1 Å². The van der Waals surface area contributed by atoms with Gasteiger partial charge >= 0.3 is 17.1 Å². The fourth-order valence-electron chi connectivity index (χ4n) is 4.13. The number of hydrogen-bond acceptors (Lipinski definition) is 3.